The maximum absolute atomic E-state index is 11.4. The average molecular weight is 619 g/mol. The molecule has 0 fully saturated rings. The van der Waals surface area contributed by atoms with Crippen molar-refractivity contribution >= 4 is 5.84 Å². The highest BCUT2D eigenvalue weighted by molar-refractivity contribution is 5.83. The molecule has 2 unspecified atom stereocenters. The molecule has 0 aliphatic carbocycles. The summed E-state index contributed by atoms with van der Waals surface area (Å²) >= 11 is 0. The van der Waals surface area contributed by atoms with Crippen LogP contribution in [0, 0.1) is 5.92 Å². The van der Waals surface area contributed by atoms with Crippen LogP contribution >= 0.6 is 0 Å². The maximum Gasteiger partial charge on any atom is 0.0991 e. The van der Waals surface area contributed by atoms with Gasteiger partial charge in [0.1, 0.15) is 0 Å². The topological polar surface area (TPSA) is 35.8 Å². The Morgan fingerprint density at radius 1 is 0.500 bits per heavy atom. The van der Waals surface area contributed by atoms with E-state index >= 15 is 0 Å². The quantitative estimate of drug-likeness (QED) is 0.0717. The normalized spacial score (nSPS) is 14.8. The zero-order valence-corrected chi connectivity index (χ0v) is 30.7. The maximum atomic E-state index is 11.4. The van der Waals surface area contributed by atoms with E-state index in [0.29, 0.717) is 5.92 Å². The average Bonchev–Trinajstić information content (AvgIpc) is 3.47. The van der Waals surface area contributed by atoms with Crippen molar-refractivity contribution in [1.29, 1.82) is 0 Å². The molecule has 0 amide bonds. The summed E-state index contributed by atoms with van der Waals surface area (Å²) in [7, 11) is 0. The molecule has 0 bridgehead atoms. The van der Waals surface area contributed by atoms with Crippen molar-refractivity contribution in [2.24, 2.45) is 10.9 Å². The minimum Gasteiger partial charge on any atom is -0.391 e. The molecule has 0 saturated heterocycles. The second-order valence-corrected chi connectivity index (χ2v) is 14.6. The smallest absolute Gasteiger partial charge is 0.0991 e. The van der Waals surface area contributed by atoms with Gasteiger partial charge in [-0.1, -0.05) is 201 Å². The number of hydrogen-bond acceptors (Lipinski definition) is 3. The first-order chi connectivity index (χ1) is 21.7. The van der Waals surface area contributed by atoms with Gasteiger partial charge in [-0.05, 0) is 25.2 Å². The van der Waals surface area contributed by atoms with Crippen LogP contribution in [0.4, 0.5) is 0 Å². The van der Waals surface area contributed by atoms with Crippen LogP contribution in [0.25, 0.3) is 0 Å². The lowest BCUT2D eigenvalue weighted by molar-refractivity contribution is 0.0739. The molecule has 1 heterocycles. The molecule has 1 rings (SSSR count). The third-order valence-corrected chi connectivity index (χ3v) is 10.3. The van der Waals surface area contributed by atoms with Crippen molar-refractivity contribution in [1.82, 2.24) is 4.90 Å². The number of hydrogen-bond donors (Lipinski definition) is 1. The number of unbranched alkanes of at least 4 members (excludes halogenated alkanes) is 26. The predicted molar refractivity (Wildman–Crippen MR) is 198 cm³/mol. The molecule has 3 heteroatoms. The Morgan fingerprint density at radius 3 is 1.25 bits per heavy atom. The fraction of sp³-hybridized carbons (Fsp3) is 0.976. The molecule has 0 aromatic rings. The summed E-state index contributed by atoms with van der Waals surface area (Å²) in [6, 6.07) is 0. The summed E-state index contributed by atoms with van der Waals surface area (Å²) in [6.07, 6.45) is 43.7. The Hall–Kier alpha value is -0.570. The minimum absolute atomic E-state index is 0.195. The third kappa shape index (κ3) is 24.6. The molecule has 0 radical (unpaired) electrons. The van der Waals surface area contributed by atoms with Crippen molar-refractivity contribution in [3.05, 3.63) is 0 Å². The molecule has 2 atom stereocenters. The standard InChI is InChI=1S/C41H82N2O/c1-4-7-10-13-15-17-18-19-20-21-22-23-25-27-29-32-35-41-42-36-37-43(41)38-40(44)39(33-30-12-9-6-3)34-31-28-26-24-16-14-11-8-5-2/h39-40,44H,4-38H2,1-3H3. The van der Waals surface area contributed by atoms with E-state index in [0.717, 1.165) is 26.1 Å². The van der Waals surface area contributed by atoms with Crippen LogP contribution in [0.3, 0.4) is 0 Å². The third-order valence-electron chi connectivity index (χ3n) is 10.3. The first-order valence-electron chi connectivity index (χ1n) is 20.7. The van der Waals surface area contributed by atoms with E-state index in [1.54, 1.807) is 0 Å². The minimum atomic E-state index is -0.195. The molecule has 262 valence electrons. The number of aliphatic hydroxyl groups is 1. The van der Waals surface area contributed by atoms with Crippen LogP contribution < -0.4 is 0 Å². The van der Waals surface area contributed by atoms with Gasteiger partial charge in [0.15, 0.2) is 0 Å². The number of amidine groups is 1. The van der Waals surface area contributed by atoms with Gasteiger partial charge < -0.3 is 10.0 Å². The van der Waals surface area contributed by atoms with Crippen LogP contribution in [-0.2, 0) is 0 Å². The van der Waals surface area contributed by atoms with Crippen molar-refractivity contribution in [2.45, 2.75) is 232 Å². The van der Waals surface area contributed by atoms with Crippen LogP contribution in [-0.4, -0.2) is 41.6 Å². The summed E-state index contributed by atoms with van der Waals surface area (Å²) in [5, 5.41) is 11.4. The number of aliphatic imine (C=N–C) groups is 1. The molecule has 1 N–H and O–H groups in total. The SMILES string of the molecule is CCCCCCCCCCCCCCCCCCC1=NCCN1CC(O)C(CCCCCC)CCCCCCCCCCC. The lowest BCUT2D eigenvalue weighted by atomic mass is 9.89. The van der Waals surface area contributed by atoms with Gasteiger partial charge in [-0.15, -0.1) is 0 Å². The molecule has 0 aromatic heterocycles. The van der Waals surface area contributed by atoms with E-state index in [4.69, 9.17) is 4.99 Å². The van der Waals surface area contributed by atoms with Crippen molar-refractivity contribution in [3.8, 4) is 0 Å². The lowest BCUT2D eigenvalue weighted by Gasteiger charge is -2.29. The number of rotatable bonds is 35. The van der Waals surface area contributed by atoms with E-state index in [1.807, 2.05) is 0 Å². The number of aliphatic hydroxyl groups excluding tert-OH is 1. The number of β-amino-alcohol motifs (C(OH)–C–C–N with tert-alkyl or cyclic N) is 1. The molecular formula is C41H82N2O. The van der Waals surface area contributed by atoms with E-state index in [2.05, 4.69) is 25.7 Å². The van der Waals surface area contributed by atoms with Crippen molar-refractivity contribution in [3.63, 3.8) is 0 Å². The molecule has 0 spiro atoms. The van der Waals surface area contributed by atoms with Gasteiger partial charge in [-0.25, -0.2) is 0 Å². The Bertz CT molecular complexity index is 605. The van der Waals surface area contributed by atoms with E-state index in [9.17, 15) is 5.11 Å². The largest absolute Gasteiger partial charge is 0.391 e. The predicted octanol–water partition coefficient (Wildman–Crippen LogP) is 13.2. The fourth-order valence-corrected chi connectivity index (χ4v) is 7.25. The van der Waals surface area contributed by atoms with Gasteiger partial charge >= 0.3 is 0 Å². The van der Waals surface area contributed by atoms with Gasteiger partial charge in [0, 0.05) is 19.5 Å². The second-order valence-electron chi connectivity index (χ2n) is 14.6. The number of nitrogens with zero attached hydrogens (tertiary/aromatic N) is 2. The highest BCUT2D eigenvalue weighted by Gasteiger charge is 2.25. The molecule has 0 saturated carbocycles. The van der Waals surface area contributed by atoms with E-state index < -0.39 is 0 Å². The van der Waals surface area contributed by atoms with Crippen LogP contribution in [0.1, 0.15) is 226 Å². The van der Waals surface area contributed by atoms with Gasteiger partial charge in [-0.3, -0.25) is 4.99 Å². The summed E-state index contributed by atoms with van der Waals surface area (Å²) < 4.78 is 0. The molecular weight excluding hydrogens is 536 g/mol. The fourth-order valence-electron chi connectivity index (χ4n) is 7.25. The summed E-state index contributed by atoms with van der Waals surface area (Å²) in [5.74, 6) is 1.76. The van der Waals surface area contributed by atoms with Gasteiger partial charge in [0.05, 0.1) is 18.5 Å². The Morgan fingerprint density at radius 2 is 0.841 bits per heavy atom. The first-order valence-corrected chi connectivity index (χ1v) is 20.7. The van der Waals surface area contributed by atoms with Gasteiger partial charge in [0.25, 0.3) is 0 Å². The highest BCUT2D eigenvalue weighted by Crippen LogP contribution is 2.24. The van der Waals surface area contributed by atoms with Crippen LogP contribution in [0.2, 0.25) is 0 Å². The highest BCUT2D eigenvalue weighted by atomic mass is 16.3. The van der Waals surface area contributed by atoms with Gasteiger partial charge in [-0.2, -0.15) is 0 Å². The summed E-state index contributed by atoms with van der Waals surface area (Å²) in [6.45, 7) is 9.66. The Balaban J connectivity index is 2.16. The van der Waals surface area contributed by atoms with Crippen LogP contribution in [0.15, 0.2) is 4.99 Å². The molecule has 44 heavy (non-hydrogen) atoms. The molecule has 3 nitrogen and oxygen atoms in total. The summed E-state index contributed by atoms with van der Waals surface area (Å²) in [4.78, 5) is 7.33. The van der Waals surface area contributed by atoms with E-state index in [-0.39, 0.29) is 6.10 Å². The van der Waals surface area contributed by atoms with Crippen molar-refractivity contribution < 1.29 is 5.11 Å². The second kappa shape index (κ2) is 32.4. The summed E-state index contributed by atoms with van der Waals surface area (Å²) in [5.41, 5.74) is 0. The Labute approximate surface area is 278 Å². The lowest BCUT2D eigenvalue weighted by Crippen LogP contribution is -2.38. The molecule has 1 aliphatic rings. The van der Waals surface area contributed by atoms with Gasteiger partial charge in [0.2, 0.25) is 0 Å². The van der Waals surface area contributed by atoms with Crippen LogP contribution in [0.5, 0.6) is 0 Å². The zero-order chi connectivity index (χ0) is 31.8. The Kier molecular flexibility index (Phi) is 30.5. The zero-order valence-electron chi connectivity index (χ0n) is 30.7. The van der Waals surface area contributed by atoms with E-state index in [1.165, 1.54) is 205 Å². The monoisotopic (exact) mass is 619 g/mol. The first kappa shape index (κ1) is 41.5. The molecule has 1 aliphatic heterocycles. The molecule has 0 aromatic carbocycles. The van der Waals surface area contributed by atoms with Crippen molar-refractivity contribution in [2.75, 3.05) is 19.6 Å².